The highest BCUT2D eigenvalue weighted by atomic mass is 16.5. The summed E-state index contributed by atoms with van der Waals surface area (Å²) >= 11 is 0. The number of nitrogens with two attached hydrogens (primary N) is 1. The van der Waals surface area contributed by atoms with Crippen LogP contribution in [0.1, 0.15) is 5.56 Å². The highest BCUT2D eigenvalue weighted by Crippen LogP contribution is 2.35. The molecule has 0 saturated heterocycles. The molecule has 0 aliphatic heterocycles. The highest BCUT2D eigenvalue weighted by Gasteiger charge is 2.16. The van der Waals surface area contributed by atoms with Gasteiger partial charge in [0.25, 0.3) is 0 Å². The molecule has 0 fully saturated rings. The third kappa shape index (κ3) is 2.70. The number of hydrogen-bond donors (Lipinski definition) is 1. The Hall–Kier alpha value is -3.39. The summed E-state index contributed by atoms with van der Waals surface area (Å²) in [5, 5.41) is 9.46. The third-order valence-electron chi connectivity index (χ3n) is 3.48. The maximum absolute atomic E-state index is 9.46. The summed E-state index contributed by atoms with van der Waals surface area (Å²) in [5.74, 6) is 0.845. The van der Waals surface area contributed by atoms with Crippen molar-refractivity contribution in [3.05, 3.63) is 60.3 Å². The van der Waals surface area contributed by atoms with Crippen molar-refractivity contribution in [2.24, 2.45) is 0 Å². The minimum absolute atomic E-state index is 0.177. The van der Waals surface area contributed by atoms with Gasteiger partial charge in [-0.1, -0.05) is 24.3 Å². The Labute approximate surface area is 134 Å². The zero-order valence-corrected chi connectivity index (χ0v) is 12.5. The molecule has 0 aliphatic carbocycles. The molecule has 3 rings (SSSR count). The van der Waals surface area contributed by atoms with Crippen LogP contribution in [0, 0.1) is 11.3 Å². The second-order valence-corrected chi connectivity index (χ2v) is 4.84. The minimum Gasteiger partial charge on any atom is -0.496 e. The van der Waals surface area contributed by atoms with Gasteiger partial charge >= 0.3 is 0 Å². The van der Waals surface area contributed by atoms with Crippen LogP contribution in [0.3, 0.4) is 0 Å². The smallest absolute Gasteiger partial charge is 0.142 e. The quantitative estimate of drug-likeness (QED) is 0.802. The maximum atomic E-state index is 9.46. The Kier molecular flexibility index (Phi) is 3.89. The Morgan fingerprint density at radius 1 is 1.04 bits per heavy atom. The zero-order valence-electron chi connectivity index (χ0n) is 12.5. The number of rotatable bonds is 3. The first-order valence-electron chi connectivity index (χ1n) is 7.00. The van der Waals surface area contributed by atoms with Gasteiger partial charge in [-0.3, -0.25) is 4.98 Å². The van der Waals surface area contributed by atoms with Gasteiger partial charge in [0, 0.05) is 17.3 Å². The molecule has 2 aromatic heterocycles. The molecule has 2 N–H and O–H groups in total. The summed E-state index contributed by atoms with van der Waals surface area (Å²) in [5.41, 5.74) is 9.10. The topological polar surface area (TPSA) is 84.8 Å². The van der Waals surface area contributed by atoms with E-state index in [-0.39, 0.29) is 5.82 Å². The number of aromatic nitrogens is 2. The molecule has 0 bridgehead atoms. The summed E-state index contributed by atoms with van der Waals surface area (Å²) in [6.45, 7) is 0. The predicted molar refractivity (Wildman–Crippen MR) is 88.6 cm³/mol. The number of anilines is 1. The van der Waals surface area contributed by atoms with E-state index in [1.165, 1.54) is 0 Å². The zero-order chi connectivity index (χ0) is 16.2. The van der Waals surface area contributed by atoms with Crippen LogP contribution in [0.15, 0.2) is 54.7 Å². The number of nitrogens with zero attached hydrogens (tertiary/aromatic N) is 3. The first-order chi connectivity index (χ1) is 11.2. The highest BCUT2D eigenvalue weighted by molar-refractivity contribution is 5.82. The van der Waals surface area contributed by atoms with Gasteiger partial charge in [0.2, 0.25) is 0 Å². The molecule has 1 aromatic carbocycles. The molecule has 112 valence electrons. The summed E-state index contributed by atoms with van der Waals surface area (Å²) in [6.07, 6.45) is 1.69. The Bertz CT molecular complexity index is 885. The molecule has 3 aromatic rings. The lowest BCUT2D eigenvalue weighted by molar-refractivity contribution is 0.416. The third-order valence-corrected chi connectivity index (χ3v) is 3.48. The number of nitriles is 1. The Morgan fingerprint density at radius 2 is 1.83 bits per heavy atom. The Balaban J connectivity index is 2.27. The van der Waals surface area contributed by atoms with Gasteiger partial charge in [0.05, 0.1) is 18.5 Å². The summed E-state index contributed by atoms with van der Waals surface area (Å²) in [4.78, 5) is 8.60. The molecule has 0 spiro atoms. The van der Waals surface area contributed by atoms with Gasteiger partial charge < -0.3 is 10.5 Å². The van der Waals surface area contributed by atoms with E-state index in [0.29, 0.717) is 28.3 Å². The average molecular weight is 302 g/mol. The van der Waals surface area contributed by atoms with Crippen LogP contribution in [0.4, 0.5) is 5.82 Å². The largest absolute Gasteiger partial charge is 0.496 e. The minimum atomic E-state index is 0.177. The molecule has 0 atom stereocenters. The number of para-hydroxylation sites is 1. The van der Waals surface area contributed by atoms with Crippen molar-refractivity contribution < 1.29 is 4.74 Å². The average Bonchev–Trinajstić information content (AvgIpc) is 2.61. The van der Waals surface area contributed by atoms with Crippen LogP contribution in [0.2, 0.25) is 0 Å². The summed E-state index contributed by atoms with van der Waals surface area (Å²) < 4.78 is 5.40. The van der Waals surface area contributed by atoms with E-state index in [4.69, 9.17) is 10.5 Å². The molecule has 5 nitrogen and oxygen atoms in total. The molecular weight excluding hydrogens is 288 g/mol. The van der Waals surface area contributed by atoms with Gasteiger partial charge in [-0.25, -0.2) is 4.98 Å². The van der Waals surface area contributed by atoms with Crippen molar-refractivity contribution in [1.82, 2.24) is 9.97 Å². The van der Waals surface area contributed by atoms with Gasteiger partial charge in [0.1, 0.15) is 23.2 Å². The fourth-order valence-corrected chi connectivity index (χ4v) is 2.41. The van der Waals surface area contributed by atoms with E-state index in [9.17, 15) is 5.26 Å². The van der Waals surface area contributed by atoms with Gasteiger partial charge in [-0.05, 0) is 24.3 Å². The van der Waals surface area contributed by atoms with Crippen molar-refractivity contribution in [1.29, 1.82) is 5.26 Å². The molecule has 0 saturated carbocycles. The van der Waals surface area contributed by atoms with Crippen LogP contribution in [-0.2, 0) is 0 Å². The van der Waals surface area contributed by atoms with Crippen LogP contribution in [0.25, 0.3) is 22.5 Å². The lowest BCUT2D eigenvalue weighted by Gasteiger charge is -2.12. The monoisotopic (exact) mass is 302 g/mol. The number of ether oxygens (including phenoxy) is 1. The van der Waals surface area contributed by atoms with Crippen molar-refractivity contribution >= 4 is 5.82 Å². The molecule has 2 heterocycles. The number of benzene rings is 1. The fraction of sp³-hybridized carbons (Fsp3) is 0.0556. The number of nitrogen functional groups attached to an aromatic ring is 1. The number of methoxy groups -OCH3 is 1. The molecule has 0 unspecified atom stereocenters. The second-order valence-electron chi connectivity index (χ2n) is 4.84. The number of pyridine rings is 2. The second kappa shape index (κ2) is 6.16. The van der Waals surface area contributed by atoms with E-state index >= 15 is 0 Å². The molecule has 0 radical (unpaired) electrons. The SMILES string of the molecule is COc1ccccc1-c1cc(-c2ccccn2)nc(N)c1C#N. The van der Waals surface area contributed by atoms with E-state index in [2.05, 4.69) is 16.0 Å². The first-order valence-corrected chi connectivity index (χ1v) is 7.00. The molecule has 0 amide bonds. The van der Waals surface area contributed by atoms with Crippen molar-refractivity contribution in [3.8, 4) is 34.3 Å². The van der Waals surface area contributed by atoms with Crippen molar-refractivity contribution in [2.75, 3.05) is 12.8 Å². The van der Waals surface area contributed by atoms with Crippen LogP contribution in [-0.4, -0.2) is 17.1 Å². The van der Waals surface area contributed by atoms with Crippen molar-refractivity contribution in [3.63, 3.8) is 0 Å². The normalized spacial score (nSPS) is 10.1. The van der Waals surface area contributed by atoms with Gasteiger partial charge in [0.15, 0.2) is 0 Å². The van der Waals surface area contributed by atoms with Crippen molar-refractivity contribution in [2.45, 2.75) is 0 Å². The van der Waals surface area contributed by atoms with E-state index in [0.717, 1.165) is 5.56 Å². The van der Waals surface area contributed by atoms with E-state index < -0.39 is 0 Å². The van der Waals surface area contributed by atoms with Gasteiger partial charge in [-0.2, -0.15) is 5.26 Å². The van der Waals surface area contributed by atoms with Crippen LogP contribution >= 0.6 is 0 Å². The van der Waals surface area contributed by atoms with E-state index in [1.807, 2.05) is 48.5 Å². The molecule has 5 heteroatoms. The van der Waals surface area contributed by atoms with E-state index in [1.54, 1.807) is 13.3 Å². The molecule has 23 heavy (non-hydrogen) atoms. The molecule has 0 aliphatic rings. The summed E-state index contributed by atoms with van der Waals surface area (Å²) in [6, 6.07) is 17.0. The molecular formula is C18H14N4O. The lowest BCUT2D eigenvalue weighted by atomic mass is 9.98. The fourth-order valence-electron chi connectivity index (χ4n) is 2.41. The maximum Gasteiger partial charge on any atom is 0.142 e. The van der Waals surface area contributed by atoms with Gasteiger partial charge in [-0.15, -0.1) is 0 Å². The summed E-state index contributed by atoms with van der Waals surface area (Å²) in [7, 11) is 1.59. The van der Waals surface area contributed by atoms with Crippen LogP contribution in [0.5, 0.6) is 5.75 Å². The lowest BCUT2D eigenvalue weighted by Crippen LogP contribution is -2.01. The number of hydrogen-bond acceptors (Lipinski definition) is 5. The predicted octanol–water partition coefficient (Wildman–Crippen LogP) is 3.27. The Morgan fingerprint density at radius 3 is 2.52 bits per heavy atom. The standard InChI is InChI=1S/C18H14N4O/c1-23-17-8-3-2-6-12(17)13-10-16(15-7-4-5-9-21-15)22-18(20)14(13)11-19/h2-10H,1H3,(H2,20,22). The van der Waals surface area contributed by atoms with Crippen LogP contribution < -0.4 is 10.5 Å². The first kappa shape index (κ1) is 14.5.